The summed E-state index contributed by atoms with van der Waals surface area (Å²) in [6.07, 6.45) is 1.68. The largest absolute Gasteiger partial charge is 0.452 e. The summed E-state index contributed by atoms with van der Waals surface area (Å²) in [4.78, 5) is 39.1. The van der Waals surface area contributed by atoms with Gasteiger partial charge in [-0.15, -0.1) is 0 Å². The lowest BCUT2D eigenvalue weighted by atomic mass is 10.1. The molecule has 0 aliphatic carbocycles. The summed E-state index contributed by atoms with van der Waals surface area (Å²) in [7, 11) is 0. The lowest BCUT2D eigenvalue weighted by Crippen LogP contribution is -2.27. The van der Waals surface area contributed by atoms with Crippen LogP contribution < -0.4 is 10.2 Å². The Hall–Kier alpha value is -3.17. The van der Waals surface area contributed by atoms with Crippen LogP contribution in [-0.4, -0.2) is 28.7 Å². The molecule has 3 aromatic carbocycles. The van der Waals surface area contributed by atoms with Crippen LogP contribution in [0.4, 0.5) is 11.4 Å². The molecule has 0 saturated carbocycles. The summed E-state index contributed by atoms with van der Waals surface area (Å²) in [5.74, 6) is -1.36. The predicted octanol–water partition coefficient (Wildman–Crippen LogP) is 6.50. The van der Waals surface area contributed by atoms with Crippen LogP contribution in [-0.2, 0) is 14.3 Å². The molecule has 3 aromatic rings. The van der Waals surface area contributed by atoms with Crippen molar-refractivity contribution in [3.8, 4) is 0 Å². The maximum absolute atomic E-state index is 12.9. The molecule has 0 bridgehead atoms. The number of thiocarbonyl (C=S) groups is 1. The van der Waals surface area contributed by atoms with Gasteiger partial charge in [0.25, 0.3) is 11.8 Å². The Kier molecular flexibility index (Phi) is 8.11. The zero-order valence-electron chi connectivity index (χ0n) is 18.8. The van der Waals surface area contributed by atoms with E-state index in [1.54, 1.807) is 60.7 Å². The number of hydrogen-bond acceptors (Lipinski definition) is 6. The van der Waals surface area contributed by atoms with E-state index in [0.29, 0.717) is 36.2 Å². The minimum atomic E-state index is -0.633. The predicted molar refractivity (Wildman–Crippen MR) is 149 cm³/mol. The molecular formula is C26H18Cl2N2O4S2. The van der Waals surface area contributed by atoms with Gasteiger partial charge in [-0.05, 0) is 61.0 Å². The SMILES string of the molecule is Cc1ccc(NC(=O)COC(=O)c2ccc(/C=C3/SC(=S)N(c4ccc(Cl)c(Cl)c4)C3=O)cc2)cc1. The number of aryl methyl sites for hydroxylation is 1. The van der Waals surface area contributed by atoms with E-state index >= 15 is 0 Å². The Labute approximate surface area is 227 Å². The highest BCUT2D eigenvalue weighted by Crippen LogP contribution is 2.38. The molecule has 1 saturated heterocycles. The highest BCUT2D eigenvalue weighted by molar-refractivity contribution is 8.27. The number of nitrogens with zero attached hydrogens (tertiary/aromatic N) is 1. The van der Waals surface area contributed by atoms with Gasteiger partial charge in [-0.1, -0.05) is 77.0 Å². The van der Waals surface area contributed by atoms with Crippen LogP contribution in [0.2, 0.25) is 10.0 Å². The van der Waals surface area contributed by atoms with Gasteiger partial charge >= 0.3 is 5.97 Å². The molecule has 1 fully saturated rings. The molecule has 1 aliphatic heterocycles. The first kappa shape index (κ1) is 25.9. The summed E-state index contributed by atoms with van der Waals surface area (Å²) in [6, 6.07) is 18.6. The van der Waals surface area contributed by atoms with Crippen LogP contribution in [0.3, 0.4) is 0 Å². The molecule has 0 spiro atoms. The van der Waals surface area contributed by atoms with Crippen molar-refractivity contribution in [3.63, 3.8) is 0 Å². The number of anilines is 2. The Morgan fingerprint density at radius 3 is 2.39 bits per heavy atom. The van der Waals surface area contributed by atoms with Crippen LogP contribution in [0.5, 0.6) is 0 Å². The van der Waals surface area contributed by atoms with E-state index in [-0.39, 0.29) is 11.5 Å². The molecule has 1 aliphatic rings. The van der Waals surface area contributed by atoms with Gasteiger partial charge in [0.1, 0.15) is 0 Å². The molecular weight excluding hydrogens is 539 g/mol. The number of carbonyl (C=O) groups excluding carboxylic acids is 3. The summed E-state index contributed by atoms with van der Waals surface area (Å²) < 4.78 is 5.47. The fourth-order valence-electron chi connectivity index (χ4n) is 3.23. The van der Waals surface area contributed by atoms with E-state index in [9.17, 15) is 14.4 Å². The van der Waals surface area contributed by atoms with E-state index < -0.39 is 18.5 Å². The van der Waals surface area contributed by atoms with Crippen molar-refractivity contribution in [2.45, 2.75) is 6.92 Å². The number of nitrogens with one attached hydrogen (secondary N) is 1. The Morgan fingerprint density at radius 2 is 1.72 bits per heavy atom. The smallest absolute Gasteiger partial charge is 0.338 e. The number of amides is 2. The van der Waals surface area contributed by atoms with Gasteiger partial charge in [-0.3, -0.25) is 14.5 Å². The lowest BCUT2D eigenvalue weighted by molar-refractivity contribution is -0.119. The fraction of sp³-hybridized carbons (Fsp3) is 0.0769. The highest BCUT2D eigenvalue weighted by Gasteiger charge is 2.33. The van der Waals surface area contributed by atoms with Crippen molar-refractivity contribution in [1.82, 2.24) is 0 Å². The summed E-state index contributed by atoms with van der Waals surface area (Å²) in [5, 5.41) is 3.37. The maximum Gasteiger partial charge on any atom is 0.338 e. The molecule has 0 radical (unpaired) electrons. The molecule has 4 rings (SSSR count). The third-order valence-corrected chi connectivity index (χ3v) is 7.11. The lowest BCUT2D eigenvalue weighted by Gasteiger charge is -2.15. The molecule has 1 N–H and O–H groups in total. The summed E-state index contributed by atoms with van der Waals surface area (Å²) >= 11 is 18.6. The molecule has 6 nitrogen and oxygen atoms in total. The monoisotopic (exact) mass is 556 g/mol. The van der Waals surface area contributed by atoms with Crippen molar-refractivity contribution in [3.05, 3.63) is 98.4 Å². The van der Waals surface area contributed by atoms with Gasteiger partial charge < -0.3 is 10.1 Å². The molecule has 0 aromatic heterocycles. The number of carbonyl (C=O) groups is 3. The van der Waals surface area contributed by atoms with Crippen molar-refractivity contribution < 1.29 is 19.1 Å². The van der Waals surface area contributed by atoms with Gasteiger partial charge in [0, 0.05) is 5.69 Å². The number of halogens is 2. The Bertz CT molecular complexity index is 1390. The molecule has 182 valence electrons. The standard InChI is InChI=1S/C26H18Cl2N2O4S2/c1-15-2-8-18(9-3-15)29-23(31)14-34-25(33)17-6-4-16(5-7-17)12-22-24(32)30(26(35)36-22)19-10-11-20(27)21(28)13-19/h2-13H,14H2,1H3,(H,29,31)/b22-12+. The van der Waals surface area contributed by atoms with E-state index in [0.717, 1.165) is 17.3 Å². The van der Waals surface area contributed by atoms with Crippen molar-refractivity contribution in [1.29, 1.82) is 0 Å². The molecule has 2 amide bonds. The third kappa shape index (κ3) is 6.14. The summed E-state index contributed by atoms with van der Waals surface area (Å²) in [6.45, 7) is 1.53. The van der Waals surface area contributed by atoms with Gasteiger partial charge in [0.15, 0.2) is 10.9 Å². The van der Waals surface area contributed by atoms with Gasteiger partial charge in [0.05, 0.1) is 26.2 Å². The first-order valence-electron chi connectivity index (χ1n) is 10.6. The van der Waals surface area contributed by atoms with Gasteiger partial charge in [-0.2, -0.15) is 0 Å². The Morgan fingerprint density at radius 1 is 1.03 bits per heavy atom. The number of ether oxygens (including phenoxy) is 1. The number of esters is 1. The minimum absolute atomic E-state index is 0.277. The number of rotatable bonds is 6. The Balaban J connectivity index is 1.37. The normalized spacial score (nSPS) is 14.3. The number of thioether (sulfide) groups is 1. The van der Waals surface area contributed by atoms with Crippen molar-refractivity contribution >= 4 is 86.7 Å². The van der Waals surface area contributed by atoms with Crippen molar-refractivity contribution in [2.75, 3.05) is 16.8 Å². The average molecular weight is 557 g/mol. The molecule has 10 heteroatoms. The average Bonchev–Trinajstić information content (AvgIpc) is 3.13. The summed E-state index contributed by atoms with van der Waals surface area (Å²) in [5.41, 5.74) is 3.19. The maximum atomic E-state index is 12.9. The second kappa shape index (κ2) is 11.3. The topological polar surface area (TPSA) is 75.7 Å². The first-order valence-corrected chi connectivity index (χ1v) is 12.6. The van der Waals surface area contributed by atoms with Crippen LogP contribution >= 0.6 is 47.2 Å². The zero-order valence-corrected chi connectivity index (χ0v) is 21.9. The third-order valence-electron chi connectivity index (χ3n) is 5.07. The minimum Gasteiger partial charge on any atom is -0.452 e. The molecule has 36 heavy (non-hydrogen) atoms. The number of hydrogen-bond donors (Lipinski definition) is 1. The second-order valence-corrected chi connectivity index (χ2v) is 10.2. The number of benzene rings is 3. The molecule has 0 atom stereocenters. The fourth-order valence-corrected chi connectivity index (χ4v) is 4.82. The van der Waals surface area contributed by atoms with E-state index in [1.807, 2.05) is 19.1 Å². The van der Waals surface area contributed by atoms with Gasteiger partial charge in [-0.25, -0.2) is 4.79 Å². The zero-order chi connectivity index (χ0) is 25.8. The van der Waals surface area contributed by atoms with Crippen LogP contribution in [0.1, 0.15) is 21.5 Å². The van der Waals surface area contributed by atoms with E-state index in [2.05, 4.69) is 5.32 Å². The highest BCUT2D eigenvalue weighted by atomic mass is 35.5. The quantitative estimate of drug-likeness (QED) is 0.212. The van der Waals surface area contributed by atoms with Crippen LogP contribution in [0.25, 0.3) is 6.08 Å². The second-order valence-electron chi connectivity index (χ2n) is 7.73. The van der Waals surface area contributed by atoms with E-state index in [4.69, 9.17) is 40.2 Å². The van der Waals surface area contributed by atoms with Gasteiger partial charge in [0.2, 0.25) is 0 Å². The van der Waals surface area contributed by atoms with Crippen LogP contribution in [0.15, 0.2) is 71.6 Å². The van der Waals surface area contributed by atoms with Crippen LogP contribution in [0, 0.1) is 6.92 Å². The van der Waals surface area contributed by atoms with Crippen molar-refractivity contribution in [2.24, 2.45) is 0 Å². The molecule has 1 heterocycles. The molecule has 0 unspecified atom stereocenters. The van der Waals surface area contributed by atoms with E-state index in [1.165, 1.54) is 4.90 Å². The first-order chi connectivity index (χ1) is 17.2.